The van der Waals surface area contributed by atoms with Crippen LogP contribution in [0.1, 0.15) is 5.56 Å². The highest BCUT2D eigenvalue weighted by Crippen LogP contribution is 2.24. The van der Waals surface area contributed by atoms with Crippen LogP contribution in [-0.2, 0) is 10.0 Å². The van der Waals surface area contributed by atoms with Crippen LogP contribution in [0.25, 0.3) is 16.7 Å². The Kier molecular flexibility index (Phi) is 4.62. The summed E-state index contributed by atoms with van der Waals surface area (Å²) in [5.74, 6) is 0.941. The number of benzene rings is 2. The Labute approximate surface area is 167 Å². The lowest BCUT2D eigenvalue weighted by Gasteiger charge is -2.11. The van der Waals surface area contributed by atoms with Crippen molar-refractivity contribution in [3.8, 4) is 17.6 Å². The molecule has 9 heteroatoms. The van der Waals surface area contributed by atoms with E-state index in [0.29, 0.717) is 11.6 Å². The maximum atomic E-state index is 12.8. The molecule has 0 fully saturated rings. The molecule has 8 nitrogen and oxygen atoms in total. The zero-order chi connectivity index (χ0) is 20.4. The maximum Gasteiger partial charge on any atom is 0.263 e. The maximum absolute atomic E-state index is 12.8. The van der Waals surface area contributed by atoms with Crippen LogP contribution in [0.3, 0.4) is 0 Å². The highest BCUT2D eigenvalue weighted by atomic mass is 32.2. The van der Waals surface area contributed by atoms with Gasteiger partial charge in [-0.2, -0.15) is 15.0 Å². The van der Waals surface area contributed by atoms with E-state index in [4.69, 9.17) is 4.74 Å². The van der Waals surface area contributed by atoms with Crippen molar-refractivity contribution in [1.82, 2.24) is 14.8 Å². The molecule has 4 aromatic rings. The van der Waals surface area contributed by atoms with Crippen LogP contribution < -0.4 is 9.46 Å². The molecule has 0 saturated heterocycles. The third-order valence-electron chi connectivity index (χ3n) is 4.29. The number of nitrogens with one attached hydrogen (secondary N) is 1. The molecule has 4 rings (SSSR count). The number of nitriles is 1. The fourth-order valence-corrected chi connectivity index (χ4v) is 3.88. The molecule has 0 atom stereocenters. The standard InChI is InChI=1S/C20H15N5O3S/c1-28-16-7-9-17(10-8-16)29(26,27)24-20-15(12-21)13-22-25(20)19-11-6-14-4-2-3-5-18(14)23-19/h2-11,13,24H,1H3. The summed E-state index contributed by atoms with van der Waals surface area (Å²) in [6, 6.07) is 19.0. The number of methoxy groups -OCH3 is 1. The zero-order valence-corrected chi connectivity index (χ0v) is 16.1. The van der Waals surface area contributed by atoms with Gasteiger partial charge >= 0.3 is 0 Å². The molecular weight excluding hydrogens is 390 g/mol. The normalized spacial score (nSPS) is 11.2. The van der Waals surface area contributed by atoms with Gasteiger partial charge < -0.3 is 4.74 Å². The summed E-state index contributed by atoms with van der Waals surface area (Å²) in [6.07, 6.45) is 1.29. The Bertz CT molecular complexity index is 1340. The third-order valence-corrected chi connectivity index (χ3v) is 5.65. The largest absolute Gasteiger partial charge is 0.497 e. The second-order valence-corrected chi connectivity index (χ2v) is 7.76. The van der Waals surface area contributed by atoms with Gasteiger partial charge in [0.25, 0.3) is 10.0 Å². The van der Waals surface area contributed by atoms with Crippen molar-refractivity contribution in [2.45, 2.75) is 4.90 Å². The molecule has 0 bridgehead atoms. The molecule has 0 aliphatic rings. The van der Waals surface area contributed by atoms with Crippen LogP contribution in [-0.4, -0.2) is 30.3 Å². The van der Waals surface area contributed by atoms with Crippen molar-refractivity contribution in [2.75, 3.05) is 11.8 Å². The van der Waals surface area contributed by atoms with E-state index in [-0.39, 0.29) is 16.3 Å². The predicted molar refractivity (Wildman–Crippen MR) is 107 cm³/mol. The molecule has 0 spiro atoms. The number of nitrogens with zero attached hydrogens (tertiary/aromatic N) is 4. The van der Waals surface area contributed by atoms with E-state index in [1.165, 1.54) is 30.1 Å². The molecule has 1 N–H and O–H groups in total. The lowest BCUT2D eigenvalue weighted by molar-refractivity contribution is 0.414. The summed E-state index contributed by atoms with van der Waals surface area (Å²) >= 11 is 0. The number of aromatic nitrogens is 3. The Morgan fingerprint density at radius 3 is 2.55 bits per heavy atom. The molecule has 29 heavy (non-hydrogen) atoms. The van der Waals surface area contributed by atoms with Gasteiger partial charge in [-0.15, -0.1) is 0 Å². The van der Waals surface area contributed by atoms with Gasteiger partial charge in [-0.05, 0) is 42.5 Å². The van der Waals surface area contributed by atoms with E-state index in [0.717, 1.165) is 10.9 Å². The van der Waals surface area contributed by atoms with E-state index >= 15 is 0 Å². The number of ether oxygens (including phenoxy) is 1. The van der Waals surface area contributed by atoms with E-state index in [9.17, 15) is 13.7 Å². The van der Waals surface area contributed by atoms with E-state index in [1.54, 1.807) is 18.2 Å². The van der Waals surface area contributed by atoms with Gasteiger partial charge in [-0.25, -0.2) is 13.4 Å². The third kappa shape index (κ3) is 3.49. The van der Waals surface area contributed by atoms with E-state index in [1.807, 2.05) is 36.4 Å². The number of pyridine rings is 1. The number of anilines is 1. The van der Waals surface area contributed by atoms with Crippen LogP contribution in [0.2, 0.25) is 0 Å². The smallest absolute Gasteiger partial charge is 0.263 e. The van der Waals surface area contributed by atoms with Crippen LogP contribution >= 0.6 is 0 Å². The topological polar surface area (TPSA) is 110 Å². The lowest BCUT2D eigenvalue weighted by Crippen LogP contribution is -2.17. The molecule has 0 unspecified atom stereocenters. The molecule has 2 aromatic heterocycles. The predicted octanol–water partition coefficient (Wildman–Crippen LogP) is 3.10. The number of hydrogen-bond acceptors (Lipinski definition) is 6. The van der Waals surface area contributed by atoms with Gasteiger partial charge in [0.1, 0.15) is 17.4 Å². The molecule has 0 aliphatic carbocycles. The summed E-state index contributed by atoms with van der Waals surface area (Å²) in [4.78, 5) is 4.55. The molecule has 0 aliphatic heterocycles. The summed E-state index contributed by atoms with van der Waals surface area (Å²) in [5, 5.41) is 14.5. The van der Waals surface area contributed by atoms with Crippen LogP contribution in [0.5, 0.6) is 5.75 Å². The number of rotatable bonds is 5. The Morgan fingerprint density at radius 2 is 1.83 bits per heavy atom. The van der Waals surface area contributed by atoms with Gasteiger partial charge in [0.05, 0.1) is 23.7 Å². The van der Waals surface area contributed by atoms with Crippen molar-refractivity contribution in [2.24, 2.45) is 0 Å². The number of fused-ring (bicyclic) bond motifs is 1. The quantitative estimate of drug-likeness (QED) is 0.546. The van der Waals surface area contributed by atoms with Crippen molar-refractivity contribution < 1.29 is 13.2 Å². The number of sulfonamides is 1. The van der Waals surface area contributed by atoms with E-state index < -0.39 is 10.0 Å². The number of para-hydroxylation sites is 1. The summed E-state index contributed by atoms with van der Waals surface area (Å²) in [5.41, 5.74) is 0.806. The van der Waals surface area contributed by atoms with Gasteiger partial charge in [-0.3, -0.25) is 4.72 Å². The van der Waals surface area contributed by atoms with Crippen LogP contribution in [0, 0.1) is 11.3 Å². The lowest BCUT2D eigenvalue weighted by atomic mass is 10.2. The first-order valence-corrected chi connectivity index (χ1v) is 10.0. The van der Waals surface area contributed by atoms with E-state index in [2.05, 4.69) is 14.8 Å². The first kappa shape index (κ1) is 18.5. The second-order valence-electron chi connectivity index (χ2n) is 6.07. The van der Waals surface area contributed by atoms with Gasteiger partial charge in [0.15, 0.2) is 11.6 Å². The molecule has 0 radical (unpaired) electrons. The SMILES string of the molecule is COc1ccc(S(=O)(=O)Nc2c(C#N)cnn2-c2ccc3ccccc3n2)cc1. The van der Waals surface area contributed by atoms with Crippen molar-refractivity contribution in [1.29, 1.82) is 5.26 Å². The van der Waals surface area contributed by atoms with Crippen molar-refractivity contribution in [3.05, 3.63) is 72.4 Å². The minimum Gasteiger partial charge on any atom is -0.497 e. The van der Waals surface area contributed by atoms with Gasteiger partial charge in [0, 0.05) is 5.39 Å². The first-order valence-electron chi connectivity index (χ1n) is 8.53. The summed E-state index contributed by atoms with van der Waals surface area (Å²) in [6.45, 7) is 0. The molecule has 2 heterocycles. The van der Waals surface area contributed by atoms with Gasteiger partial charge in [-0.1, -0.05) is 18.2 Å². The Balaban J connectivity index is 1.77. The average Bonchev–Trinajstić information content (AvgIpc) is 3.15. The Hall–Kier alpha value is -3.90. The first-order chi connectivity index (χ1) is 14.0. The fourth-order valence-electron chi connectivity index (χ4n) is 2.82. The molecule has 144 valence electrons. The highest BCUT2D eigenvalue weighted by Gasteiger charge is 2.21. The molecule has 2 aromatic carbocycles. The Morgan fingerprint density at radius 1 is 1.07 bits per heavy atom. The molecule has 0 amide bonds. The molecular formula is C20H15N5O3S. The number of hydrogen-bond donors (Lipinski definition) is 1. The summed E-state index contributed by atoms with van der Waals surface area (Å²) in [7, 11) is -2.46. The minimum atomic E-state index is -3.96. The van der Waals surface area contributed by atoms with Crippen molar-refractivity contribution in [3.63, 3.8) is 0 Å². The van der Waals surface area contributed by atoms with Gasteiger partial charge in [0.2, 0.25) is 0 Å². The van der Waals surface area contributed by atoms with Crippen molar-refractivity contribution >= 4 is 26.7 Å². The second kappa shape index (κ2) is 7.26. The van der Waals surface area contributed by atoms with Crippen LogP contribution in [0.15, 0.2) is 71.8 Å². The monoisotopic (exact) mass is 405 g/mol. The summed E-state index contributed by atoms with van der Waals surface area (Å²) < 4.78 is 34.5. The van der Waals surface area contributed by atoms with Crippen LogP contribution in [0.4, 0.5) is 5.82 Å². The minimum absolute atomic E-state index is 0.0195. The average molecular weight is 405 g/mol. The zero-order valence-electron chi connectivity index (χ0n) is 15.3. The molecule has 0 saturated carbocycles. The fraction of sp³-hybridized carbons (Fsp3) is 0.0500. The highest BCUT2D eigenvalue weighted by molar-refractivity contribution is 7.92.